The number of carbonyl (C=O) groups is 1. The Balaban J connectivity index is 1.30. The Kier molecular flexibility index (Phi) is 4.95. The molecule has 2 heterocycles. The second kappa shape index (κ2) is 7.77. The molecule has 1 amide bonds. The first kappa shape index (κ1) is 19.1. The summed E-state index contributed by atoms with van der Waals surface area (Å²) in [5.41, 5.74) is 3.89. The van der Waals surface area contributed by atoms with Crippen molar-refractivity contribution in [2.24, 2.45) is 0 Å². The highest BCUT2D eigenvalue weighted by Crippen LogP contribution is 2.39. The monoisotopic (exact) mass is 459 g/mol. The van der Waals surface area contributed by atoms with Gasteiger partial charge in [-0.25, -0.2) is 0 Å². The van der Waals surface area contributed by atoms with Gasteiger partial charge in [0.15, 0.2) is 0 Å². The van der Waals surface area contributed by atoms with E-state index < -0.39 is 0 Å². The lowest BCUT2D eigenvalue weighted by Crippen LogP contribution is -2.49. The summed E-state index contributed by atoms with van der Waals surface area (Å²) in [6.07, 6.45) is 5.95. The molecule has 0 aliphatic carbocycles. The minimum Gasteiger partial charge on any atom is -0.482 e. The molecule has 4 heteroatoms. The fraction of sp³-hybridized carbons (Fsp3) is 0.192. The largest absolute Gasteiger partial charge is 0.482 e. The zero-order valence-corrected chi connectivity index (χ0v) is 18.1. The van der Waals surface area contributed by atoms with Crippen LogP contribution in [0.5, 0.6) is 5.75 Å². The summed E-state index contributed by atoms with van der Waals surface area (Å²) in [6, 6.07) is 24.3. The van der Waals surface area contributed by atoms with Crippen LogP contribution in [0.3, 0.4) is 0 Å². The van der Waals surface area contributed by atoms with Gasteiger partial charge in [0.2, 0.25) is 0 Å². The molecule has 30 heavy (non-hydrogen) atoms. The molecule has 0 atom stereocenters. The van der Waals surface area contributed by atoms with Gasteiger partial charge in [0, 0.05) is 41.5 Å². The van der Waals surface area contributed by atoms with Crippen LogP contribution in [-0.2, 0) is 0 Å². The first-order chi connectivity index (χ1) is 14.6. The normalized spacial score (nSPS) is 16.8. The predicted molar refractivity (Wildman–Crippen MR) is 124 cm³/mol. The van der Waals surface area contributed by atoms with Crippen molar-refractivity contribution in [1.82, 2.24) is 4.90 Å². The smallest absolute Gasteiger partial charge is 0.253 e. The number of halogens is 1. The highest BCUT2D eigenvalue weighted by molar-refractivity contribution is 9.10. The van der Waals surface area contributed by atoms with E-state index in [2.05, 4.69) is 70.5 Å². The van der Waals surface area contributed by atoms with Crippen molar-refractivity contribution < 1.29 is 9.53 Å². The Morgan fingerprint density at radius 2 is 1.70 bits per heavy atom. The molecule has 1 fully saturated rings. The molecule has 1 spiro atoms. The van der Waals surface area contributed by atoms with Crippen LogP contribution >= 0.6 is 15.9 Å². The van der Waals surface area contributed by atoms with Crippen molar-refractivity contribution in [2.45, 2.75) is 18.4 Å². The van der Waals surface area contributed by atoms with Gasteiger partial charge in [-0.2, -0.15) is 0 Å². The summed E-state index contributed by atoms with van der Waals surface area (Å²) in [7, 11) is 0. The molecule has 0 bridgehead atoms. The molecule has 3 aromatic rings. The fourth-order valence-corrected chi connectivity index (χ4v) is 4.64. The topological polar surface area (TPSA) is 29.5 Å². The van der Waals surface area contributed by atoms with Gasteiger partial charge >= 0.3 is 0 Å². The summed E-state index contributed by atoms with van der Waals surface area (Å²) < 4.78 is 7.39. The number of ether oxygens (including phenoxy) is 1. The van der Waals surface area contributed by atoms with Crippen molar-refractivity contribution in [3.8, 4) is 16.9 Å². The number of amides is 1. The SMILES string of the molecule is O=C(c1cccc(Br)c1)N1CCC2(C=Cc3cc(-c4ccccc4)ccc3O2)CC1. The van der Waals surface area contributed by atoms with E-state index in [1.165, 1.54) is 11.1 Å². The lowest BCUT2D eigenvalue weighted by Gasteiger charge is -2.42. The van der Waals surface area contributed by atoms with Crippen LogP contribution in [0.25, 0.3) is 17.2 Å². The van der Waals surface area contributed by atoms with Crippen LogP contribution in [0.4, 0.5) is 0 Å². The molecule has 0 aromatic heterocycles. The molecule has 0 N–H and O–H groups in total. The number of benzene rings is 3. The molecule has 150 valence electrons. The number of piperidine rings is 1. The third-order valence-electron chi connectivity index (χ3n) is 5.97. The first-order valence-corrected chi connectivity index (χ1v) is 11.0. The van der Waals surface area contributed by atoms with Crippen LogP contribution in [0.1, 0.15) is 28.8 Å². The molecule has 2 aliphatic rings. The lowest BCUT2D eigenvalue weighted by molar-refractivity contribution is 0.0329. The minimum atomic E-state index is -0.324. The number of nitrogens with zero attached hydrogens (tertiary/aromatic N) is 1. The van der Waals surface area contributed by atoms with Crippen molar-refractivity contribution in [2.75, 3.05) is 13.1 Å². The van der Waals surface area contributed by atoms with Crippen molar-refractivity contribution in [3.05, 3.63) is 94.5 Å². The fourth-order valence-electron chi connectivity index (χ4n) is 4.24. The van der Waals surface area contributed by atoms with Gasteiger partial charge in [-0.05, 0) is 47.5 Å². The molecule has 2 aliphatic heterocycles. The van der Waals surface area contributed by atoms with Gasteiger partial charge in [0.05, 0.1) is 0 Å². The summed E-state index contributed by atoms with van der Waals surface area (Å²) in [4.78, 5) is 14.8. The predicted octanol–water partition coefficient (Wildman–Crippen LogP) is 6.20. The van der Waals surface area contributed by atoms with E-state index in [1.807, 2.05) is 35.2 Å². The van der Waals surface area contributed by atoms with Crippen LogP contribution in [0, 0.1) is 0 Å². The number of carbonyl (C=O) groups excluding carboxylic acids is 1. The maximum Gasteiger partial charge on any atom is 0.253 e. The summed E-state index contributed by atoms with van der Waals surface area (Å²) in [5, 5.41) is 0. The summed E-state index contributed by atoms with van der Waals surface area (Å²) in [6.45, 7) is 1.38. The van der Waals surface area contributed by atoms with E-state index >= 15 is 0 Å². The van der Waals surface area contributed by atoms with Crippen LogP contribution < -0.4 is 4.74 Å². The molecular weight excluding hydrogens is 438 g/mol. The van der Waals surface area contributed by atoms with Gasteiger partial charge in [-0.15, -0.1) is 0 Å². The molecule has 1 saturated heterocycles. The number of fused-ring (bicyclic) bond motifs is 1. The summed E-state index contributed by atoms with van der Waals surface area (Å²) in [5.74, 6) is 1.00. The number of hydrogen-bond donors (Lipinski definition) is 0. The van der Waals surface area contributed by atoms with Crippen molar-refractivity contribution >= 4 is 27.9 Å². The Morgan fingerprint density at radius 3 is 2.47 bits per heavy atom. The van der Waals surface area contributed by atoms with Crippen molar-refractivity contribution in [1.29, 1.82) is 0 Å². The van der Waals surface area contributed by atoms with Gasteiger partial charge in [-0.3, -0.25) is 4.79 Å². The summed E-state index contributed by atoms with van der Waals surface area (Å²) >= 11 is 3.45. The van der Waals surface area contributed by atoms with Crippen LogP contribution in [0.15, 0.2) is 83.3 Å². The van der Waals surface area contributed by atoms with E-state index in [0.717, 1.165) is 34.2 Å². The highest BCUT2D eigenvalue weighted by atomic mass is 79.9. The number of rotatable bonds is 2. The molecule has 0 radical (unpaired) electrons. The van der Waals surface area contributed by atoms with Crippen LogP contribution in [-0.4, -0.2) is 29.5 Å². The zero-order valence-electron chi connectivity index (χ0n) is 16.6. The van der Waals surface area contributed by atoms with Gasteiger partial charge in [0.25, 0.3) is 5.91 Å². The highest BCUT2D eigenvalue weighted by Gasteiger charge is 2.38. The quantitative estimate of drug-likeness (QED) is 0.456. The number of likely N-dealkylation sites (tertiary alicyclic amines) is 1. The average Bonchev–Trinajstić information content (AvgIpc) is 2.79. The van der Waals surface area contributed by atoms with Gasteiger partial charge in [-0.1, -0.05) is 64.5 Å². The molecule has 3 aromatic carbocycles. The zero-order chi connectivity index (χ0) is 20.6. The van der Waals surface area contributed by atoms with Crippen molar-refractivity contribution in [3.63, 3.8) is 0 Å². The average molecular weight is 460 g/mol. The Morgan fingerprint density at radius 1 is 0.900 bits per heavy atom. The molecule has 0 unspecified atom stereocenters. The second-order valence-corrected chi connectivity index (χ2v) is 8.84. The first-order valence-electron chi connectivity index (χ1n) is 10.2. The third kappa shape index (κ3) is 3.68. The minimum absolute atomic E-state index is 0.0823. The van der Waals surface area contributed by atoms with Crippen LogP contribution in [0.2, 0.25) is 0 Å². The maximum absolute atomic E-state index is 12.8. The maximum atomic E-state index is 12.8. The Hall–Kier alpha value is -2.85. The molecule has 5 rings (SSSR count). The molecule has 0 saturated carbocycles. The Labute approximate surface area is 185 Å². The number of hydrogen-bond acceptors (Lipinski definition) is 2. The van der Waals surface area contributed by atoms with E-state index in [9.17, 15) is 4.79 Å². The van der Waals surface area contributed by atoms with E-state index in [1.54, 1.807) is 0 Å². The van der Waals surface area contributed by atoms with Gasteiger partial charge in [0.1, 0.15) is 11.4 Å². The lowest BCUT2D eigenvalue weighted by atomic mass is 9.87. The molecular formula is C26H22BrNO2. The van der Waals surface area contributed by atoms with E-state index in [0.29, 0.717) is 13.1 Å². The van der Waals surface area contributed by atoms with Gasteiger partial charge < -0.3 is 9.64 Å². The van der Waals surface area contributed by atoms with E-state index in [-0.39, 0.29) is 11.5 Å². The second-order valence-electron chi connectivity index (χ2n) is 7.92. The Bertz CT molecular complexity index is 1110. The molecule has 3 nitrogen and oxygen atoms in total. The standard InChI is InChI=1S/C26H22BrNO2/c27-23-8-4-7-22(18-23)25(29)28-15-13-26(14-16-28)12-11-21-17-20(9-10-24(21)30-26)19-5-2-1-3-6-19/h1-12,17-18H,13-16H2. The third-order valence-corrected chi connectivity index (χ3v) is 6.46. The van der Waals surface area contributed by atoms with E-state index in [4.69, 9.17) is 4.74 Å².